The first kappa shape index (κ1) is 16.5. The number of alkyl halides is 3. The van der Waals surface area contributed by atoms with Gasteiger partial charge in [0.15, 0.2) is 0 Å². The Kier molecular flexibility index (Phi) is 5.40. The van der Waals surface area contributed by atoms with E-state index in [4.69, 9.17) is 10.5 Å². The number of rotatable bonds is 4. The fraction of sp³-hybridized carbons (Fsp3) is 0.571. The lowest BCUT2D eigenvalue weighted by Gasteiger charge is -2.23. The average molecular weight is 321 g/mol. The van der Waals surface area contributed by atoms with Crippen LogP contribution in [-0.2, 0) is 21.7 Å². The van der Waals surface area contributed by atoms with Gasteiger partial charge in [-0.1, -0.05) is 12.1 Å². The van der Waals surface area contributed by atoms with Crippen molar-refractivity contribution in [3.8, 4) is 0 Å². The van der Waals surface area contributed by atoms with Crippen LogP contribution < -0.4 is 5.73 Å². The van der Waals surface area contributed by atoms with Crippen LogP contribution in [0, 0.1) is 0 Å². The van der Waals surface area contributed by atoms with Crippen molar-refractivity contribution in [3.63, 3.8) is 0 Å². The lowest BCUT2D eigenvalue weighted by atomic mass is 10.1. The molecule has 2 atom stereocenters. The number of ether oxygens (including phenoxy) is 1. The van der Waals surface area contributed by atoms with Gasteiger partial charge >= 0.3 is 6.18 Å². The molecule has 1 aromatic carbocycles. The number of halogens is 3. The Labute approximate surface area is 124 Å². The first-order valence-electron chi connectivity index (χ1n) is 6.75. The number of hydrogen-bond acceptors (Lipinski definition) is 3. The summed E-state index contributed by atoms with van der Waals surface area (Å²) in [5.41, 5.74) is 5.56. The number of benzene rings is 1. The highest BCUT2D eigenvalue weighted by Gasteiger charge is 2.31. The van der Waals surface area contributed by atoms with Crippen molar-refractivity contribution in [2.45, 2.75) is 30.3 Å². The quantitative estimate of drug-likeness (QED) is 0.927. The monoisotopic (exact) mass is 321 g/mol. The Bertz CT molecular complexity index is 501. The summed E-state index contributed by atoms with van der Waals surface area (Å²) in [5, 5.41) is 0.0237. The Morgan fingerprint density at radius 1 is 1.33 bits per heavy atom. The van der Waals surface area contributed by atoms with Crippen molar-refractivity contribution < 1.29 is 22.1 Å². The van der Waals surface area contributed by atoms with E-state index in [0.717, 1.165) is 12.1 Å². The van der Waals surface area contributed by atoms with E-state index in [2.05, 4.69) is 0 Å². The summed E-state index contributed by atoms with van der Waals surface area (Å²) in [5.74, 6) is 0.173. The Balaban J connectivity index is 2.02. The zero-order valence-corrected chi connectivity index (χ0v) is 12.3. The fourth-order valence-corrected chi connectivity index (χ4v) is 3.83. The molecule has 0 aromatic heterocycles. The van der Waals surface area contributed by atoms with Crippen molar-refractivity contribution in [1.82, 2.24) is 0 Å². The molecule has 7 heteroatoms. The van der Waals surface area contributed by atoms with Gasteiger partial charge in [0, 0.05) is 41.1 Å². The Morgan fingerprint density at radius 2 is 2.00 bits per heavy atom. The summed E-state index contributed by atoms with van der Waals surface area (Å²) in [6, 6.07) is 4.25. The summed E-state index contributed by atoms with van der Waals surface area (Å²) in [4.78, 5) is 0. The summed E-state index contributed by atoms with van der Waals surface area (Å²) >= 11 is 0. The normalized spacial score (nSPS) is 20.2. The molecule has 0 bridgehead atoms. The molecule has 1 aliphatic rings. The molecule has 1 saturated heterocycles. The van der Waals surface area contributed by atoms with Crippen molar-refractivity contribution in [1.29, 1.82) is 0 Å². The molecule has 0 saturated carbocycles. The van der Waals surface area contributed by atoms with Crippen LogP contribution in [0.5, 0.6) is 0 Å². The van der Waals surface area contributed by atoms with E-state index in [-0.39, 0.29) is 11.0 Å². The minimum atomic E-state index is -4.39. The van der Waals surface area contributed by atoms with Gasteiger partial charge < -0.3 is 10.5 Å². The van der Waals surface area contributed by atoms with Gasteiger partial charge in [-0.2, -0.15) is 13.2 Å². The molecule has 0 aliphatic carbocycles. The third-order valence-electron chi connectivity index (χ3n) is 3.53. The first-order chi connectivity index (χ1) is 9.88. The fourth-order valence-electron chi connectivity index (χ4n) is 2.29. The smallest absolute Gasteiger partial charge is 0.381 e. The molecule has 1 aliphatic heterocycles. The highest BCUT2D eigenvalue weighted by atomic mass is 32.2. The molecule has 2 unspecified atom stereocenters. The van der Waals surface area contributed by atoms with E-state index < -0.39 is 28.6 Å². The first-order valence-corrected chi connectivity index (χ1v) is 8.14. The summed E-state index contributed by atoms with van der Waals surface area (Å²) in [7, 11) is -1.15. The molecule has 2 N–H and O–H groups in total. The van der Waals surface area contributed by atoms with Crippen molar-refractivity contribution >= 4 is 10.8 Å². The standard InChI is InChI=1S/C14H18F3NO2S/c15-14(16,17)11-3-1-2-10(8-11)13(18)9-21(19)12-4-6-20-7-5-12/h1-3,8,12-13H,4-7,9,18H2. The summed E-state index contributed by atoms with van der Waals surface area (Å²) < 4.78 is 55.4. The maximum atomic E-state index is 12.7. The van der Waals surface area contributed by atoms with Gasteiger partial charge in [-0.25, -0.2) is 0 Å². The molecular weight excluding hydrogens is 303 g/mol. The van der Waals surface area contributed by atoms with E-state index in [9.17, 15) is 17.4 Å². The number of hydrogen-bond donors (Lipinski definition) is 1. The van der Waals surface area contributed by atoms with Crippen LogP contribution in [0.25, 0.3) is 0 Å². The second-order valence-electron chi connectivity index (χ2n) is 5.09. The summed E-state index contributed by atoms with van der Waals surface area (Å²) in [6.07, 6.45) is -2.97. The topological polar surface area (TPSA) is 52.3 Å². The minimum Gasteiger partial charge on any atom is -0.381 e. The molecule has 1 aromatic rings. The van der Waals surface area contributed by atoms with Gasteiger partial charge in [-0.3, -0.25) is 4.21 Å². The van der Waals surface area contributed by atoms with Crippen LogP contribution in [0.3, 0.4) is 0 Å². The molecule has 3 nitrogen and oxygen atoms in total. The van der Waals surface area contributed by atoms with Crippen molar-refractivity contribution in [2.24, 2.45) is 5.73 Å². The zero-order chi connectivity index (χ0) is 15.5. The SMILES string of the molecule is NC(CS(=O)C1CCOCC1)c1cccc(C(F)(F)F)c1. The van der Waals surface area contributed by atoms with Gasteiger partial charge in [0.1, 0.15) is 0 Å². The maximum absolute atomic E-state index is 12.7. The van der Waals surface area contributed by atoms with E-state index in [0.29, 0.717) is 31.6 Å². The largest absolute Gasteiger partial charge is 0.416 e. The van der Waals surface area contributed by atoms with Crippen LogP contribution in [0.2, 0.25) is 0 Å². The molecular formula is C14H18F3NO2S. The molecule has 118 valence electrons. The lowest BCUT2D eigenvalue weighted by molar-refractivity contribution is -0.137. The average Bonchev–Trinajstić information content (AvgIpc) is 2.47. The molecule has 0 spiro atoms. The second kappa shape index (κ2) is 6.89. The summed E-state index contributed by atoms with van der Waals surface area (Å²) in [6.45, 7) is 1.16. The second-order valence-corrected chi connectivity index (χ2v) is 6.85. The van der Waals surface area contributed by atoms with Crippen LogP contribution in [0.1, 0.15) is 30.0 Å². The predicted molar refractivity (Wildman–Crippen MR) is 75.2 cm³/mol. The minimum absolute atomic E-state index is 0.0237. The predicted octanol–water partition coefficient (Wildman–Crippen LogP) is 2.63. The lowest BCUT2D eigenvalue weighted by Crippen LogP contribution is -2.30. The van der Waals surface area contributed by atoms with E-state index >= 15 is 0 Å². The molecule has 1 heterocycles. The molecule has 0 amide bonds. The highest BCUT2D eigenvalue weighted by Crippen LogP contribution is 2.30. The van der Waals surface area contributed by atoms with Crippen LogP contribution in [0.15, 0.2) is 24.3 Å². The van der Waals surface area contributed by atoms with Gasteiger partial charge in [0.25, 0.3) is 0 Å². The molecule has 2 rings (SSSR count). The van der Waals surface area contributed by atoms with Gasteiger partial charge in [0.2, 0.25) is 0 Å². The van der Waals surface area contributed by atoms with Gasteiger partial charge in [-0.15, -0.1) is 0 Å². The van der Waals surface area contributed by atoms with Crippen molar-refractivity contribution in [3.05, 3.63) is 35.4 Å². The Hall–Kier alpha value is -0.920. The third-order valence-corrected chi connectivity index (χ3v) is 5.43. The molecule has 21 heavy (non-hydrogen) atoms. The number of nitrogens with two attached hydrogens (primary N) is 1. The van der Waals surface area contributed by atoms with Crippen LogP contribution >= 0.6 is 0 Å². The van der Waals surface area contributed by atoms with Crippen LogP contribution in [0.4, 0.5) is 13.2 Å². The third kappa shape index (κ3) is 4.52. The highest BCUT2D eigenvalue weighted by molar-refractivity contribution is 7.85. The van der Waals surface area contributed by atoms with Gasteiger partial charge in [0.05, 0.1) is 5.56 Å². The maximum Gasteiger partial charge on any atom is 0.416 e. The molecule has 0 radical (unpaired) electrons. The zero-order valence-electron chi connectivity index (χ0n) is 11.4. The van der Waals surface area contributed by atoms with E-state index in [1.54, 1.807) is 6.07 Å². The van der Waals surface area contributed by atoms with Crippen LogP contribution in [-0.4, -0.2) is 28.4 Å². The van der Waals surface area contributed by atoms with Gasteiger partial charge in [-0.05, 0) is 30.5 Å². The van der Waals surface area contributed by atoms with E-state index in [1.807, 2.05) is 0 Å². The van der Waals surface area contributed by atoms with E-state index in [1.165, 1.54) is 6.07 Å². The molecule has 1 fully saturated rings. The Morgan fingerprint density at radius 3 is 2.62 bits per heavy atom. The van der Waals surface area contributed by atoms with Crippen molar-refractivity contribution in [2.75, 3.05) is 19.0 Å².